The Balaban J connectivity index is 1.68. The average molecular weight is 416 g/mol. The zero-order chi connectivity index (χ0) is 20.5. The molecule has 8 nitrogen and oxygen atoms in total. The van der Waals surface area contributed by atoms with E-state index in [1.807, 2.05) is 0 Å². The normalized spacial score (nSPS) is 16.3. The number of amides is 1. The van der Waals surface area contributed by atoms with Crippen LogP contribution in [0.5, 0.6) is 5.75 Å². The fraction of sp³-hybridized carbons (Fsp3) is 0.211. The van der Waals surface area contributed by atoms with Crippen molar-refractivity contribution in [2.45, 2.75) is 12.3 Å². The van der Waals surface area contributed by atoms with E-state index < -0.39 is 0 Å². The van der Waals surface area contributed by atoms with Gasteiger partial charge in [-0.2, -0.15) is 0 Å². The first-order valence-electron chi connectivity index (χ1n) is 8.68. The van der Waals surface area contributed by atoms with Crippen LogP contribution in [0.15, 0.2) is 47.1 Å². The zero-order valence-electron chi connectivity index (χ0n) is 15.6. The molecule has 2 heterocycles. The second-order valence-corrected chi connectivity index (χ2v) is 7.44. The lowest BCUT2D eigenvalue weighted by molar-refractivity contribution is -0.806. The maximum Gasteiger partial charge on any atom is 0.252 e. The number of anilines is 1. The van der Waals surface area contributed by atoms with Crippen LogP contribution < -0.4 is 15.1 Å². The molecule has 1 aliphatic rings. The van der Waals surface area contributed by atoms with E-state index in [0.717, 1.165) is 5.56 Å². The summed E-state index contributed by atoms with van der Waals surface area (Å²) in [5.41, 5.74) is 5.76. The smallest absolute Gasteiger partial charge is 0.252 e. The summed E-state index contributed by atoms with van der Waals surface area (Å²) in [6.45, 7) is 1.60. The van der Waals surface area contributed by atoms with Crippen molar-refractivity contribution < 1.29 is 23.5 Å². The number of thioether (sulfide) groups is 1. The number of methoxy groups -OCH3 is 1. The topological polar surface area (TPSA) is 94.5 Å². The highest BCUT2D eigenvalue weighted by atomic mass is 32.2. The molecule has 0 saturated carbocycles. The summed E-state index contributed by atoms with van der Waals surface area (Å²) in [5.74, 6) is 0.338. The monoisotopic (exact) mass is 416 g/mol. The number of nitrogens with one attached hydrogen (secondary N) is 1. The first-order valence-corrected chi connectivity index (χ1v) is 9.73. The van der Waals surface area contributed by atoms with Gasteiger partial charge in [-0.05, 0) is 40.8 Å². The van der Waals surface area contributed by atoms with Crippen molar-refractivity contribution in [3.8, 4) is 17.0 Å². The highest BCUT2D eigenvalue weighted by molar-refractivity contribution is 8.00. The molecule has 0 spiro atoms. The Kier molecular flexibility index (Phi) is 5.01. The zero-order valence-corrected chi connectivity index (χ0v) is 16.4. The number of halogens is 1. The Morgan fingerprint density at radius 3 is 2.76 bits per heavy atom. The third-order valence-electron chi connectivity index (χ3n) is 4.56. The van der Waals surface area contributed by atoms with Crippen LogP contribution in [0.25, 0.3) is 11.3 Å². The number of rotatable bonds is 5. The molecule has 3 aromatic rings. The summed E-state index contributed by atoms with van der Waals surface area (Å²) in [6.07, 6.45) is 0. The summed E-state index contributed by atoms with van der Waals surface area (Å²) in [4.78, 5) is 12.8. The second-order valence-electron chi connectivity index (χ2n) is 6.37. The van der Waals surface area contributed by atoms with E-state index in [1.54, 1.807) is 37.3 Å². The molecule has 1 fully saturated rings. The molecule has 0 bridgehead atoms. The summed E-state index contributed by atoms with van der Waals surface area (Å²) < 4.78 is 23.3. The van der Waals surface area contributed by atoms with E-state index >= 15 is 0 Å². The van der Waals surface area contributed by atoms with Gasteiger partial charge in [-0.3, -0.25) is 14.8 Å². The summed E-state index contributed by atoms with van der Waals surface area (Å²) in [6, 6.07) is 11.2. The Hall–Kier alpha value is -3.27. The third kappa shape index (κ3) is 3.58. The van der Waals surface area contributed by atoms with Crippen LogP contribution in [0.2, 0.25) is 0 Å². The van der Waals surface area contributed by atoms with Gasteiger partial charge in [0, 0.05) is 17.6 Å². The number of carbonyl (C=O) groups is 1. The number of nitrogens with zero attached hydrogens (tertiary/aromatic N) is 3. The molecule has 150 valence electrons. The van der Waals surface area contributed by atoms with Gasteiger partial charge >= 0.3 is 0 Å². The molecule has 10 heteroatoms. The van der Waals surface area contributed by atoms with Crippen molar-refractivity contribution in [2.75, 3.05) is 18.3 Å². The van der Waals surface area contributed by atoms with Crippen molar-refractivity contribution in [3.63, 3.8) is 0 Å². The number of hydrogen-bond donors (Lipinski definition) is 1. The van der Waals surface area contributed by atoms with Gasteiger partial charge < -0.3 is 9.94 Å². The van der Waals surface area contributed by atoms with Crippen LogP contribution in [-0.2, 0) is 4.79 Å². The Morgan fingerprint density at radius 1 is 1.34 bits per heavy atom. The molecule has 1 aliphatic heterocycles. The third-order valence-corrected chi connectivity index (χ3v) is 5.77. The van der Waals surface area contributed by atoms with E-state index in [9.17, 15) is 14.4 Å². The number of hydrogen-bond acceptors (Lipinski definition) is 7. The Labute approximate surface area is 169 Å². The highest BCUT2D eigenvalue weighted by Gasteiger charge is 2.34. The summed E-state index contributed by atoms with van der Waals surface area (Å²) in [7, 11) is 1.52. The molecule has 1 amide bonds. The Morgan fingerprint density at radius 2 is 2.10 bits per heavy atom. The van der Waals surface area contributed by atoms with Gasteiger partial charge in [-0.1, -0.05) is 12.1 Å². The highest BCUT2D eigenvalue weighted by Crippen LogP contribution is 2.40. The van der Waals surface area contributed by atoms with Gasteiger partial charge in [-0.15, -0.1) is 11.8 Å². The maximum atomic E-state index is 13.3. The summed E-state index contributed by atoms with van der Waals surface area (Å²) in [5, 5.41) is 16.5. The fourth-order valence-electron chi connectivity index (χ4n) is 3.04. The van der Waals surface area contributed by atoms with Crippen molar-refractivity contribution in [1.82, 2.24) is 10.2 Å². The van der Waals surface area contributed by atoms with Gasteiger partial charge in [-0.25, -0.2) is 9.40 Å². The molecule has 1 aromatic heterocycles. The summed E-state index contributed by atoms with van der Waals surface area (Å²) >= 11 is 1.44. The lowest BCUT2D eigenvalue weighted by atomic mass is 10.1. The van der Waals surface area contributed by atoms with E-state index in [0.29, 0.717) is 33.3 Å². The number of benzene rings is 2. The van der Waals surface area contributed by atoms with Gasteiger partial charge in [0.25, 0.3) is 11.6 Å². The van der Waals surface area contributed by atoms with E-state index in [1.165, 1.54) is 36.0 Å². The fourth-order valence-corrected chi connectivity index (χ4v) is 4.15. The first kappa shape index (κ1) is 19.1. The molecular weight excluding hydrogens is 399 g/mol. The van der Waals surface area contributed by atoms with Crippen LogP contribution >= 0.6 is 11.8 Å². The van der Waals surface area contributed by atoms with E-state index in [-0.39, 0.29) is 22.9 Å². The number of hydrazine groups is 1. The van der Waals surface area contributed by atoms with Crippen molar-refractivity contribution >= 4 is 23.4 Å². The molecule has 1 N–H and O–H groups in total. The SMILES string of the molecule is COc1ccc(-c2no[n+]([O-])c2C)cc1NN1C(=O)CSC1c1ccc(F)cc1. The molecule has 1 atom stereocenters. The minimum atomic E-state index is -0.337. The molecule has 1 saturated heterocycles. The standard InChI is InChI=1S/C19H17FN4O4S/c1-11-18(22-28-24(11)26)13-5-8-16(27-2)15(9-13)21-23-17(25)10-29-19(23)12-3-6-14(20)7-4-12/h3-9,19,21H,10H2,1-2H3. The van der Waals surface area contributed by atoms with E-state index in [2.05, 4.69) is 15.2 Å². The van der Waals surface area contributed by atoms with Gasteiger partial charge in [0.1, 0.15) is 16.9 Å². The predicted molar refractivity (Wildman–Crippen MR) is 104 cm³/mol. The van der Waals surface area contributed by atoms with E-state index in [4.69, 9.17) is 4.74 Å². The van der Waals surface area contributed by atoms with Crippen LogP contribution in [0.4, 0.5) is 10.1 Å². The minimum absolute atomic E-state index is 0.119. The molecule has 0 aliphatic carbocycles. The van der Waals surface area contributed by atoms with Crippen molar-refractivity contribution in [3.05, 3.63) is 64.7 Å². The predicted octanol–water partition coefficient (Wildman–Crippen LogP) is 3.03. The van der Waals surface area contributed by atoms with Crippen LogP contribution in [-0.4, -0.2) is 28.9 Å². The molecular formula is C19H17FN4O4S. The largest absolute Gasteiger partial charge is 0.495 e. The number of aromatic nitrogens is 2. The molecule has 2 aromatic carbocycles. The second kappa shape index (κ2) is 7.63. The Bertz CT molecular complexity index is 1060. The lowest BCUT2D eigenvalue weighted by Crippen LogP contribution is -2.34. The van der Waals surface area contributed by atoms with Crippen molar-refractivity contribution in [2.24, 2.45) is 0 Å². The van der Waals surface area contributed by atoms with Gasteiger partial charge in [0.05, 0.1) is 18.6 Å². The van der Waals surface area contributed by atoms with Gasteiger partial charge in [0.2, 0.25) is 5.69 Å². The first-order chi connectivity index (χ1) is 14.0. The van der Waals surface area contributed by atoms with Crippen molar-refractivity contribution in [1.29, 1.82) is 0 Å². The number of ether oxygens (including phenoxy) is 1. The minimum Gasteiger partial charge on any atom is -0.495 e. The van der Waals surface area contributed by atoms with Crippen LogP contribution in [0, 0.1) is 17.9 Å². The lowest BCUT2D eigenvalue weighted by Gasteiger charge is -2.26. The quantitative estimate of drug-likeness (QED) is 0.639. The molecule has 0 radical (unpaired) electrons. The molecule has 4 rings (SSSR count). The average Bonchev–Trinajstić information content (AvgIpc) is 3.25. The molecule has 1 unspecified atom stereocenters. The number of carbonyl (C=O) groups excluding carboxylic acids is 1. The van der Waals surface area contributed by atoms with Crippen LogP contribution in [0.3, 0.4) is 0 Å². The van der Waals surface area contributed by atoms with Gasteiger partial charge in [0.15, 0.2) is 0 Å². The maximum absolute atomic E-state index is 13.3. The van der Waals surface area contributed by atoms with Crippen LogP contribution in [0.1, 0.15) is 16.6 Å². The molecule has 29 heavy (non-hydrogen) atoms.